The van der Waals surface area contributed by atoms with Crippen LogP contribution in [-0.2, 0) is 23.9 Å². The van der Waals surface area contributed by atoms with Crippen LogP contribution in [0.3, 0.4) is 0 Å². The molecule has 2 aromatic rings. The lowest BCUT2D eigenvalue weighted by atomic mass is 9.71. The molecule has 0 fully saturated rings. The number of nitrogens with one attached hydrogen (secondary N) is 1. The maximum Gasteiger partial charge on any atom is 0.336 e. The third-order valence-corrected chi connectivity index (χ3v) is 7.16. The number of carbonyl (C=O) groups excluding carboxylic acids is 3. The average Bonchev–Trinajstić information content (AvgIpc) is 2.91. The number of hydrogen-bond acceptors (Lipinski definition) is 8. The molecule has 2 aromatic carbocycles. The van der Waals surface area contributed by atoms with Crippen LogP contribution in [0.4, 0.5) is 0 Å². The molecule has 40 heavy (non-hydrogen) atoms. The third kappa shape index (κ3) is 6.57. The fourth-order valence-electron chi connectivity index (χ4n) is 5.24. The van der Waals surface area contributed by atoms with Gasteiger partial charge in [-0.05, 0) is 68.5 Å². The summed E-state index contributed by atoms with van der Waals surface area (Å²) in [5.74, 6) is -1.19. The van der Waals surface area contributed by atoms with Crippen molar-refractivity contribution in [2.75, 3.05) is 26.4 Å². The van der Waals surface area contributed by atoms with E-state index in [0.717, 1.165) is 11.3 Å². The summed E-state index contributed by atoms with van der Waals surface area (Å²) < 4.78 is 22.0. The smallest absolute Gasteiger partial charge is 0.336 e. The molecule has 212 valence electrons. The van der Waals surface area contributed by atoms with Crippen LogP contribution < -0.4 is 14.8 Å². The highest BCUT2D eigenvalue weighted by Gasteiger charge is 2.41. The Bertz CT molecular complexity index is 1350. The van der Waals surface area contributed by atoms with Gasteiger partial charge < -0.3 is 24.3 Å². The SMILES string of the molecule is CCOCCOC(=O)C1=C(C)NC2=C(C(=O)CC(c3ccc(Cl)cc3)C2)C1c1ccc(OC(C)=O)c(OCC)c1. The van der Waals surface area contributed by atoms with Gasteiger partial charge in [-0.2, -0.15) is 0 Å². The molecule has 2 unspecified atom stereocenters. The van der Waals surface area contributed by atoms with E-state index in [0.29, 0.717) is 52.8 Å². The summed E-state index contributed by atoms with van der Waals surface area (Å²) in [4.78, 5) is 39.0. The van der Waals surface area contributed by atoms with Gasteiger partial charge in [0.2, 0.25) is 0 Å². The molecule has 8 nitrogen and oxygen atoms in total. The van der Waals surface area contributed by atoms with Crippen LogP contribution in [0.1, 0.15) is 63.5 Å². The third-order valence-electron chi connectivity index (χ3n) is 6.91. The number of halogens is 1. The van der Waals surface area contributed by atoms with Gasteiger partial charge in [-0.1, -0.05) is 29.8 Å². The van der Waals surface area contributed by atoms with E-state index in [1.807, 2.05) is 45.0 Å². The number of hydrogen-bond donors (Lipinski definition) is 1. The standard InChI is InChI=1S/C31H34ClNO7/c1-5-37-13-14-39-31(36)28-18(3)33-24-15-22(20-7-10-23(32)11-8-20)16-25(35)30(24)29(28)21-9-12-26(40-19(4)34)27(17-21)38-6-2/h7-12,17,22,29,33H,5-6,13-16H2,1-4H3. The van der Waals surface area contributed by atoms with E-state index in [1.54, 1.807) is 18.2 Å². The maximum atomic E-state index is 13.8. The molecular formula is C31H34ClNO7. The number of esters is 2. The van der Waals surface area contributed by atoms with E-state index in [9.17, 15) is 14.4 Å². The quantitative estimate of drug-likeness (QED) is 0.225. The van der Waals surface area contributed by atoms with Crippen molar-refractivity contribution in [1.82, 2.24) is 5.32 Å². The molecule has 0 saturated heterocycles. The van der Waals surface area contributed by atoms with Crippen molar-refractivity contribution < 1.29 is 33.3 Å². The molecule has 0 bridgehead atoms. The lowest BCUT2D eigenvalue weighted by molar-refractivity contribution is -0.141. The van der Waals surface area contributed by atoms with Crippen LogP contribution >= 0.6 is 11.6 Å². The number of ether oxygens (including phenoxy) is 4. The number of Topliss-reactive ketones (excluding diaryl/α,β-unsaturated/α-hetero) is 1. The molecule has 0 spiro atoms. The molecule has 9 heteroatoms. The van der Waals surface area contributed by atoms with E-state index >= 15 is 0 Å². The Labute approximate surface area is 239 Å². The molecule has 2 aliphatic rings. The molecule has 0 aromatic heterocycles. The van der Waals surface area contributed by atoms with E-state index in [2.05, 4.69) is 5.32 Å². The zero-order valence-corrected chi connectivity index (χ0v) is 23.9. The maximum absolute atomic E-state index is 13.8. The first-order valence-electron chi connectivity index (χ1n) is 13.4. The van der Waals surface area contributed by atoms with Crippen LogP contribution in [-0.4, -0.2) is 44.1 Å². The molecule has 1 aliphatic carbocycles. The van der Waals surface area contributed by atoms with Gasteiger partial charge in [-0.15, -0.1) is 0 Å². The van der Waals surface area contributed by atoms with Crippen LogP contribution in [0.25, 0.3) is 0 Å². The second-order valence-corrected chi connectivity index (χ2v) is 10.1. The van der Waals surface area contributed by atoms with E-state index in [-0.39, 0.29) is 37.1 Å². The second kappa shape index (κ2) is 13.2. The van der Waals surface area contributed by atoms with Crippen molar-refractivity contribution in [3.05, 3.63) is 81.2 Å². The van der Waals surface area contributed by atoms with Gasteiger partial charge in [-0.25, -0.2) is 4.79 Å². The minimum absolute atomic E-state index is 0.0329. The summed E-state index contributed by atoms with van der Waals surface area (Å²) in [6.45, 7) is 8.01. The van der Waals surface area contributed by atoms with Crippen LogP contribution in [0.15, 0.2) is 65.0 Å². The van der Waals surface area contributed by atoms with Gasteiger partial charge in [0.25, 0.3) is 0 Å². The zero-order chi connectivity index (χ0) is 28.8. The number of benzene rings is 2. The Kier molecular flexibility index (Phi) is 9.66. The highest BCUT2D eigenvalue weighted by molar-refractivity contribution is 6.30. The van der Waals surface area contributed by atoms with Gasteiger partial charge in [0.1, 0.15) is 6.61 Å². The summed E-state index contributed by atoms with van der Waals surface area (Å²) in [7, 11) is 0. The number of carbonyl (C=O) groups is 3. The first kappa shape index (κ1) is 29.4. The normalized spacial score (nSPS) is 18.7. The lowest BCUT2D eigenvalue weighted by Crippen LogP contribution is -2.36. The lowest BCUT2D eigenvalue weighted by Gasteiger charge is -2.37. The zero-order valence-electron chi connectivity index (χ0n) is 23.2. The molecule has 2 atom stereocenters. The molecule has 4 rings (SSSR count). The highest BCUT2D eigenvalue weighted by atomic mass is 35.5. The van der Waals surface area contributed by atoms with Crippen molar-refractivity contribution in [3.63, 3.8) is 0 Å². The molecule has 0 amide bonds. The molecule has 1 aliphatic heterocycles. The van der Waals surface area contributed by atoms with Gasteiger partial charge in [-0.3, -0.25) is 9.59 Å². The van der Waals surface area contributed by atoms with Gasteiger partial charge in [0, 0.05) is 47.9 Å². The predicted octanol–water partition coefficient (Wildman–Crippen LogP) is 5.61. The van der Waals surface area contributed by atoms with Crippen molar-refractivity contribution in [2.24, 2.45) is 0 Å². The number of rotatable bonds is 10. The van der Waals surface area contributed by atoms with Gasteiger partial charge >= 0.3 is 11.9 Å². The van der Waals surface area contributed by atoms with Crippen LogP contribution in [0.2, 0.25) is 5.02 Å². The van der Waals surface area contributed by atoms with Crippen LogP contribution in [0.5, 0.6) is 11.5 Å². The first-order valence-corrected chi connectivity index (χ1v) is 13.8. The summed E-state index contributed by atoms with van der Waals surface area (Å²) in [5, 5.41) is 3.98. The summed E-state index contributed by atoms with van der Waals surface area (Å²) in [6, 6.07) is 12.6. The van der Waals surface area contributed by atoms with E-state index < -0.39 is 17.9 Å². The minimum Gasteiger partial charge on any atom is -0.490 e. The topological polar surface area (TPSA) is 100 Å². The van der Waals surface area contributed by atoms with Crippen molar-refractivity contribution in [2.45, 2.75) is 52.4 Å². The highest BCUT2D eigenvalue weighted by Crippen LogP contribution is 2.47. The monoisotopic (exact) mass is 567 g/mol. The Morgan fingerprint density at radius 3 is 2.38 bits per heavy atom. The summed E-state index contributed by atoms with van der Waals surface area (Å²) >= 11 is 6.09. The molecule has 1 heterocycles. The largest absolute Gasteiger partial charge is 0.490 e. The minimum atomic E-state index is -0.694. The molecule has 0 saturated carbocycles. The molecule has 0 radical (unpaired) electrons. The van der Waals surface area contributed by atoms with Crippen molar-refractivity contribution >= 4 is 29.3 Å². The Morgan fingerprint density at radius 1 is 0.975 bits per heavy atom. The number of ketones is 1. The van der Waals surface area contributed by atoms with E-state index in [1.165, 1.54) is 6.92 Å². The van der Waals surface area contributed by atoms with Crippen LogP contribution in [0, 0.1) is 0 Å². The fraction of sp³-hybridized carbons (Fsp3) is 0.387. The van der Waals surface area contributed by atoms with Gasteiger partial charge in [0.15, 0.2) is 17.3 Å². The molecule has 1 N–H and O–H groups in total. The fourth-order valence-corrected chi connectivity index (χ4v) is 5.37. The predicted molar refractivity (Wildman–Crippen MR) is 150 cm³/mol. The number of dihydropyridines is 1. The summed E-state index contributed by atoms with van der Waals surface area (Å²) in [5.41, 5.74) is 3.92. The summed E-state index contributed by atoms with van der Waals surface area (Å²) in [6.07, 6.45) is 0.876. The van der Waals surface area contributed by atoms with Gasteiger partial charge in [0.05, 0.1) is 18.8 Å². The Hall–Kier alpha value is -3.62. The number of allylic oxidation sites excluding steroid dienone is 3. The Balaban J connectivity index is 1.77. The average molecular weight is 568 g/mol. The van der Waals surface area contributed by atoms with E-state index in [4.69, 9.17) is 30.5 Å². The molecular weight excluding hydrogens is 534 g/mol. The Morgan fingerprint density at radius 2 is 1.70 bits per heavy atom. The van der Waals surface area contributed by atoms with Crippen molar-refractivity contribution in [1.29, 1.82) is 0 Å². The first-order chi connectivity index (χ1) is 19.2. The van der Waals surface area contributed by atoms with Crippen molar-refractivity contribution in [3.8, 4) is 11.5 Å². The second-order valence-electron chi connectivity index (χ2n) is 9.63.